The molecule has 11 heteroatoms. The van der Waals surface area contributed by atoms with Crippen LogP contribution in [-0.2, 0) is 10.2 Å². The van der Waals surface area contributed by atoms with Gasteiger partial charge in [0.05, 0.1) is 0 Å². The summed E-state index contributed by atoms with van der Waals surface area (Å²) in [7, 11) is -4.26. The molecule has 0 aromatic rings. The Kier molecular flexibility index (Phi) is 5.64. The summed E-state index contributed by atoms with van der Waals surface area (Å²) >= 11 is 0. The highest BCUT2D eigenvalue weighted by molar-refractivity contribution is 7.87. The number of hydrogen-bond donors (Lipinski definition) is 4. The topological polar surface area (TPSA) is 117 Å². The van der Waals surface area contributed by atoms with E-state index in [1.165, 1.54) is 11.6 Å². The zero-order chi connectivity index (χ0) is 13.7. The molecule has 1 unspecified atom stereocenters. The largest absolute Gasteiger partial charge is 0.409 e. The molecule has 0 fully saturated rings. The van der Waals surface area contributed by atoms with Crippen molar-refractivity contribution >= 4 is 16.0 Å². The fourth-order valence-corrected chi connectivity index (χ4v) is 1.59. The van der Waals surface area contributed by atoms with Crippen molar-refractivity contribution in [3.63, 3.8) is 0 Å². The molecule has 0 aliphatic rings. The number of alkyl halides is 3. The lowest BCUT2D eigenvalue weighted by Gasteiger charge is -2.13. The Balaban J connectivity index is 4.20. The molecule has 5 N–H and O–H groups in total. The minimum Gasteiger partial charge on any atom is -0.409 e. The number of nitrogens with zero attached hydrogens (tertiary/aromatic N) is 1. The number of nitrogens with one attached hydrogen (secondary N) is 2. The van der Waals surface area contributed by atoms with Gasteiger partial charge < -0.3 is 10.9 Å². The summed E-state index contributed by atoms with van der Waals surface area (Å²) in [6, 6.07) is 0. The molecule has 102 valence electrons. The van der Waals surface area contributed by atoms with Gasteiger partial charge in [-0.15, -0.1) is 0 Å². The first-order valence-corrected chi connectivity index (χ1v) is 5.84. The van der Waals surface area contributed by atoms with Crippen LogP contribution in [0.1, 0.15) is 6.92 Å². The van der Waals surface area contributed by atoms with Gasteiger partial charge in [0.2, 0.25) is 0 Å². The van der Waals surface area contributed by atoms with E-state index in [2.05, 4.69) is 5.16 Å². The molecule has 0 amide bonds. The van der Waals surface area contributed by atoms with Crippen LogP contribution in [0.4, 0.5) is 13.2 Å². The normalized spacial score (nSPS) is 15.9. The van der Waals surface area contributed by atoms with E-state index < -0.39 is 28.8 Å². The quantitative estimate of drug-likeness (QED) is 0.224. The van der Waals surface area contributed by atoms with Gasteiger partial charge in [0.15, 0.2) is 0 Å². The second-order valence-electron chi connectivity index (χ2n) is 3.21. The van der Waals surface area contributed by atoms with E-state index in [0.29, 0.717) is 0 Å². The van der Waals surface area contributed by atoms with Crippen LogP contribution in [0.15, 0.2) is 5.16 Å². The number of hydrogen-bond acceptors (Lipinski definition) is 4. The number of nitrogens with two attached hydrogens (primary N) is 1. The van der Waals surface area contributed by atoms with Crippen molar-refractivity contribution in [2.75, 3.05) is 13.1 Å². The van der Waals surface area contributed by atoms with E-state index in [-0.39, 0.29) is 12.4 Å². The van der Waals surface area contributed by atoms with Crippen LogP contribution >= 0.6 is 0 Å². The van der Waals surface area contributed by atoms with Crippen LogP contribution in [0, 0.1) is 5.92 Å². The molecule has 1 atom stereocenters. The van der Waals surface area contributed by atoms with Gasteiger partial charge in [0, 0.05) is 12.5 Å². The lowest BCUT2D eigenvalue weighted by Crippen LogP contribution is -2.44. The third-order valence-corrected chi connectivity index (χ3v) is 2.73. The highest BCUT2D eigenvalue weighted by Gasteiger charge is 2.29. The summed E-state index contributed by atoms with van der Waals surface area (Å²) in [6.45, 7) is -0.523. The Labute approximate surface area is 96.0 Å². The second kappa shape index (κ2) is 6.02. The standard InChI is InChI=1S/C6H13F3N4O3S/c1-4(5(10)13-14)2-11-17(15,16)12-3-6(7,8)9/h4,11-12,14H,2-3H2,1H3,(H2,10,13). The minimum absolute atomic E-state index is 0.233. The highest BCUT2D eigenvalue weighted by Crippen LogP contribution is 2.12. The van der Waals surface area contributed by atoms with Crippen molar-refractivity contribution in [2.24, 2.45) is 16.8 Å². The lowest BCUT2D eigenvalue weighted by atomic mass is 10.2. The summed E-state index contributed by atoms with van der Waals surface area (Å²) in [5.41, 5.74) is 5.15. The third-order valence-electron chi connectivity index (χ3n) is 1.66. The highest BCUT2D eigenvalue weighted by atomic mass is 32.2. The average molecular weight is 278 g/mol. The Bertz CT molecular complexity index is 367. The zero-order valence-corrected chi connectivity index (χ0v) is 9.64. The maximum absolute atomic E-state index is 11.7. The first-order chi connectivity index (χ1) is 7.57. The number of rotatable bonds is 6. The molecule has 0 saturated carbocycles. The third kappa shape index (κ3) is 7.76. The molecule has 0 radical (unpaired) electrons. The van der Waals surface area contributed by atoms with E-state index in [1.54, 1.807) is 0 Å². The van der Waals surface area contributed by atoms with Crippen molar-refractivity contribution < 1.29 is 26.8 Å². The summed E-state index contributed by atoms with van der Waals surface area (Å²) < 4.78 is 60.4. The predicted molar refractivity (Wildman–Crippen MR) is 53.6 cm³/mol. The number of oxime groups is 1. The fraction of sp³-hybridized carbons (Fsp3) is 0.833. The van der Waals surface area contributed by atoms with Crippen LogP contribution in [0.25, 0.3) is 0 Å². The average Bonchev–Trinajstić information content (AvgIpc) is 2.21. The smallest absolute Gasteiger partial charge is 0.402 e. The first kappa shape index (κ1) is 15.9. The van der Waals surface area contributed by atoms with Crippen LogP contribution in [0.3, 0.4) is 0 Å². The number of amidine groups is 1. The van der Waals surface area contributed by atoms with Crippen LogP contribution in [0.2, 0.25) is 0 Å². The SMILES string of the molecule is CC(CNS(=O)(=O)NCC(F)(F)F)C(N)=NO. The van der Waals surface area contributed by atoms with Gasteiger partial charge in [0.25, 0.3) is 10.2 Å². The molecule has 0 aromatic heterocycles. The molecule has 0 aliphatic carbocycles. The molecule has 0 aromatic carbocycles. The summed E-state index contributed by atoms with van der Waals surface area (Å²) in [5, 5.41) is 10.9. The van der Waals surface area contributed by atoms with Crippen molar-refractivity contribution in [2.45, 2.75) is 13.1 Å². The number of halogens is 3. The van der Waals surface area contributed by atoms with E-state index in [9.17, 15) is 21.6 Å². The van der Waals surface area contributed by atoms with Gasteiger partial charge in [-0.05, 0) is 0 Å². The van der Waals surface area contributed by atoms with Gasteiger partial charge in [-0.1, -0.05) is 12.1 Å². The monoisotopic (exact) mass is 278 g/mol. The molecular formula is C6H13F3N4O3S. The van der Waals surface area contributed by atoms with Gasteiger partial charge in [-0.25, -0.2) is 4.72 Å². The van der Waals surface area contributed by atoms with Crippen LogP contribution in [0.5, 0.6) is 0 Å². The maximum atomic E-state index is 11.7. The fourth-order valence-electron chi connectivity index (χ4n) is 0.666. The van der Waals surface area contributed by atoms with Crippen molar-refractivity contribution in [1.82, 2.24) is 9.44 Å². The predicted octanol–water partition coefficient (Wildman–Crippen LogP) is -0.645. The van der Waals surface area contributed by atoms with E-state index in [1.807, 2.05) is 4.72 Å². The van der Waals surface area contributed by atoms with Gasteiger partial charge in [0.1, 0.15) is 12.4 Å². The van der Waals surface area contributed by atoms with E-state index >= 15 is 0 Å². The summed E-state index contributed by atoms with van der Waals surface area (Å²) in [5.74, 6) is -0.883. The molecular weight excluding hydrogens is 265 g/mol. The Morgan fingerprint density at radius 2 is 2.00 bits per heavy atom. The minimum atomic E-state index is -4.63. The lowest BCUT2D eigenvalue weighted by molar-refractivity contribution is -0.121. The van der Waals surface area contributed by atoms with E-state index in [4.69, 9.17) is 10.9 Å². The second-order valence-corrected chi connectivity index (χ2v) is 4.80. The van der Waals surface area contributed by atoms with Crippen molar-refractivity contribution in [1.29, 1.82) is 0 Å². The summed E-state index contributed by atoms with van der Waals surface area (Å²) in [4.78, 5) is 0. The zero-order valence-electron chi connectivity index (χ0n) is 8.82. The molecule has 0 aliphatic heterocycles. The molecule has 0 bridgehead atoms. The molecule has 0 rings (SSSR count). The van der Waals surface area contributed by atoms with Crippen LogP contribution in [-0.4, -0.2) is 38.7 Å². The molecule has 0 saturated heterocycles. The molecule has 17 heavy (non-hydrogen) atoms. The van der Waals surface area contributed by atoms with E-state index in [0.717, 1.165) is 0 Å². The first-order valence-electron chi connectivity index (χ1n) is 4.36. The van der Waals surface area contributed by atoms with Crippen molar-refractivity contribution in [3.8, 4) is 0 Å². The maximum Gasteiger partial charge on any atom is 0.402 e. The molecule has 7 nitrogen and oxygen atoms in total. The Morgan fingerprint density at radius 1 is 1.47 bits per heavy atom. The molecule has 0 spiro atoms. The Morgan fingerprint density at radius 3 is 2.41 bits per heavy atom. The van der Waals surface area contributed by atoms with Crippen LogP contribution < -0.4 is 15.2 Å². The Hall–Kier alpha value is -1.07. The van der Waals surface area contributed by atoms with Gasteiger partial charge in [-0.3, -0.25) is 0 Å². The van der Waals surface area contributed by atoms with Gasteiger partial charge in [-0.2, -0.15) is 26.3 Å². The summed E-state index contributed by atoms with van der Waals surface area (Å²) in [6.07, 6.45) is -4.63. The van der Waals surface area contributed by atoms with Gasteiger partial charge >= 0.3 is 6.18 Å². The molecule has 0 heterocycles. The van der Waals surface area contributed by atoms with Crippen molar-refractivity contribution in [3.05, 3.63) is 0 Å².